The second-order valence-electron chi connectivity index (χ2n) is 5.64. The lowest BCUT2D eigenvalue weighted by atomic mass is 10.1. The number of Topliss-reactive ketones (excluding diaryl/α,β-unsaturated/α-hetero) is 1. The molecule has 6 heteroatoms. The fourth-order valence-electron chi connectivity index (χ4n) is 2.32. The van der Waals surface area contributed by atoms with Gasteiger partial charge in [-0.3, -0.25) is 4.79 Å². The van der Waals surface area contributed by atoms with E-state index in [0.29, 0.717) is 22.4 Å². The summed E-state index contributed by atoms with van der Waals surface area (Å²) in [5.41, 5.74) is 2.28. The molecule has 0 aliphatic heterocycles. The van der Waals surface area contributed by atoms with Crippen LogP contribution in [-0.4, -0.2) is 31.9 Å². The minimum atomic E-state index is -0.540. The molecular formula is C21H20O6. The third-order valence-electron chi connectivity index (χ3n) is 3.80. The van der Waals surface area contributed by atoms with Crippen molar-refractivity contribution in [3.05, 3.63) is 70.8 Å². The van der Waals surface area contributed by atoms with Gasteiger partial charge in [0.1, 0.15) is 12.4 Å². The highest BCUT2D eigenvalue weighted by molar-refractivity contribution is 5.94. The molecule has 0 unspecified atom stereocenters. The highest BCUT2D eigenvalue weighted by atomic mass is 16.5. The largest absolute Gasteiger partial charge is 0.496 e. The molecule has 0 saturated heterocycles. The van der Waals surface area contributed by atoms with Gasteiger partial charge in [0.25, 0.3) is 0 Å². The zero-order chi connectivity index (χ0) is 19.8. The Morgan fingerprint density at radius 3 is 2.22 bits per heavy atom. The van der Waals surface area contributed by atoms with E-state index in [9.17, 15) is 14.4 Å². The molecule has 0 atom stereocenters. The molecule has 0 aliphatic rings. The molecule has 6 nitrogen and oxygen atoms in total. The van der Waals surface area contributed by atoms with Crippen LogP contribution in [0.3, 0.4) is 0 Å². The second kappa shape index (κ2) is 9.33. The molecule has 0 bridgehead atoms. The molecular weight excluding hydrogens is 348 g/mol. The number of benzene rings is 2. The van der Waals surface area contributed by atoms with Crippen LogP contribution in [0.5, 0.6) is 5.75 Å². The van der Waals surface area contributed by atoms with Crippen molar-refractivity contribution in [3.63, 3.8) is 0 Å². The summed E-state index contributed by atoms with van der Waals surface area (Å²) in [6.07, 6.45) is 2.86. The van der Waals surface area contributed by atoms with Gasteiger partial charge in [-0.2, -0.15) is 0 Å². The van der Waals surface area contributed by atoms with E-state index in [1.807, 2.05) is 0 Å². The first kappa shape index (κ1) is 19.9. The lowest BCUT2D eigenvalue weighted by Crippen LogP contribution is -2.04. The number of esters is 2. The lowest BCUT2D eigenvalue weighted by Gasteiger charge is -2.09. The van der Waals surface area contributed by atoms with Crippen LogP contribution in [-0.2, 0) is 20.9 Å². The van der Waals surface area contributed by atoms with Gasteiger partial charge in [-0.1, -0.05) is 12.1 Å². The molecule has 0 spiro atoms. The molecule has 0 heterocycles. The number of ketones is 1. The van der Waals surface area contributed by atoms with Gasteiger partial charge >= 0.3 is 11.9 Å². The zero-order valence-corrected chi connectivity index (χ0v) is 15.4. The molecule has 0 N–H and O–H groups in total. The third-order valence-corrected chi connectivity index (χ3v) is 3.80. The summed E-state index contributed by atoms with van der Waals surface area (Å²) in [5.74, 6) is -0.510. The molecule has 0 fully saturated rings. The van der Waals surface area contributed by atoms with E-state index in [4.69, 9.17) is 9.47 Å². The average Bonchev–Trinajstić information content (AvgIpc) is 2.70. The van der Waals surface area contributed by atoms with E-state index < -0.39 is 11.9 Å². The van der Waals surface area contributed by atoms with Crippen LogP contribution in [0.25, 0.3) is 6.08 Å². The third kappa shape index (κ3) is 5.54. The Morgan fingerprint density at radius 1 is 0.963 bits per heavy atom. The Labute approximate surface area is 157 Å². The van der Waals surface area contributed by atoms with E-state index in [-0.39, 0.29) is 12.4 Å². The van der Waals surface area contributed by atoms with E-state index in [1.165, 1.54) is 27.2 Å². The molecule has 140 valence electrons. The molecule has 0 radical (unpaired) electrons. The van der Waals surface area contributed by atoms with Gasteiger partial charge in [-0.05, 0) is 48.9 Å². The van der Waals surface area contributed by atoms with Crippen molar-refractivity contribution in [1.29, 1.82) is 0 Å². The quantitative estimate of drug-likeness (QED) is 0.423. The fourth-order valence-corrected chi connectivity index (χ4v) is 2.32. The second-order valence-corrected chi connectivity index (χ2v) is 5.64. The van der Waals surface area contributed by atoms with Crippen molar-refractivity contribution in [2.24, 2.45) is 0 Å². The van der Waals surface area contributed by atoms with Crippen LogP contribution in [0.4, 0.5) is 0 Å². The smallest absolute Gasteiger partial charge is 0.337 e. The number of ether oxygens (including phenoxy) is 3. The predicted molar refractivity (Wildman–Crippen MR) is 99.6 cm³/mol. The summed E-state index contributed by atoms with van der Waals surface area (Å²) in [6, 6.07) is 11.6. The first-order valence-corrected chi connectivity index (χ1v) is 8.15. The topological polar surface area (TPSA) is 78.9 Å². The summed E-state index contributed by atoms with van der Waals surface area (Å²) in [6.45, 7) is 1.44. The van der Waals surface area contributed by atoms with Gasteiger partial charge in [0, 0.05) is 17.2 Å². The van der Waals surface area contributed by atoms with Crippen molar-refractivity contribution in [1.82, 2.24) is 0 Å². The lowest BCUT2D eigenvalue weighted by molar-refractivity contribution is -0.138. The molecule has 0 amide bonds. The van der Waals surface area contributed by atoms with Gasteiger partial charge < -0.3 is 14.2 Å². The first-order chi connectivity index (χ1) is 12.9. The molecule has 0 aliphatic carbocycles. The number of methoxy groups -OCH3 is 2. The van der Waals surface area contributed by atoms with Crippen molar-refractivity contribution in [2.45, 2.75) is 13.5 Å². The molecule has 2 aromatic rings. The number of carbonyl (C=O) groups excluding carboxylic acids is 3. The van der Waals surface area contributed by atoms with Crippen LogP contribution >= 0.6 is 0 Å². The summed E-state index contributed by atoms with van der Waals surface area (Å²) in [4.78, 5) is 34.8. The molecule has 2 aromatic carbocycles. The summed E-state index contributed by atoms with van der Waals surface area (Å²) < 4.78 is 15.1. The maximum atomic E-state index is 11.9. The Morgan fingerprint density at radius 2 is 1.63 bits per heavy atom. The summed E-state index contributed by atoms with van der Waals surface area (Å²) >= 11 is 0. The van der Waals surface area contributed by atoms with Crippen LogP contribution < -0.4 is 4.74 Å². The molecule has 27 heavy (non-hydrogen) atoms. The Balaban J connectivity index is 2.00. The highest BCUT2D eigenvalue weighted by Gasteiger charge is 2.09. The maximum absolute atomic E-state index is 11.9. The van der Waals surface area contributed by atoms with Gasteiger partial charge in [-0.25, -0.2) is 9.59 Å². The minimum Gasteiger partial charge on any atom is -0.496 e. The highest BCUT2D eigenvalue weighted by Crippen LogP contribution is 2.21. The van der Waals surface area contributed by atoms with Gasteiger partial charge in [-0.15, -0.1) is 0 Å². The monoisotopic (exact) mass is 368 g/mol. The van der Waals surface area contributed by atoms with Crippen molar-refractivity contribution in [3.8, 4) is 5.75 Å². The number of carbonyl (C=O) groups is 3. The molecule has 2 rings (SSSR count). The van der Waals surface area contributed by atoms with Crippen LogP contribution in [0.15, 0.2) is 48.5 Å². The molecule has 0 aromatic heterocycles. The average molecular weight is 368 g/mol. The normalized spacial score (nSPS) is 10.5. The Bertz CT molecular complexity index is 865. The predicted octanol–water partition coefficient (Wildman–Crippen LogP) is 3.44. The van der Waals surface area contributed by atoms with Crippen molar-refractivity contribution >= 4 is 23.8 Å². The van der Waals surface area contributed by atoms with Crippen LogP contribution in [0.1, 0.15) is 38.8 Å². The minimum absolute atomic E-state index is 0.0191. The van der Waals surface area contributed by atoms with E-state index in [2.05, 4.69) is 4.74 Å². The van der Waals surface area contributed by atoms with Crippen LogP contribution in [0.2, 0.25) is 0 Å². The number of rotatable bonds is 7. The van der Waals surface area contributed by atoms with E-state index in [0.717, 1.165) is 5.56 Å². The maximum Gasteiger partial charge on any atom is 0.337 e. The fraction of sp³-hybridized carbons (Fsp3) is 0.190. The first-order valence-electron chi connectivity index (χ1n) is 8.15. The van der Waals surface area contributed by atoms with E-state index >= 15 is 0 Å². The van der Waals surface area contributed by atoms with Crippen molar-refractivity contribution in [2.75, 3.05) is 14.2 Å². The summed E-state index contributed by atoms with van der Waals surface area (Å²) in [7, 11) is 2.82. The Hall–Kier alpha value is -3.41. The van der Waals surface area contributed by atoms with Gasteiger partial charge in [0.05, 0.1) is 19.8 Å². The van der Waals surface area contributed by atoms with Crippen LogP contribution in [0, 0.1) is 0 Å². The zero-order valence-electron chi connectivity index (χ0n) is 15.4. The van der Waals surface area contributed by atoms with E-state index in [1.54, 1.807) is 48.5 Å². The number of hydrogen-bond acceptors (Lipinski definition) is 6. The molecule has 0 saturated carbocycles. The standard InChI is InChI=1S/C21H20O6/c1-14(22)17-9-10-19(25-2)18(12-17)13-27-20(23)11-6-15-4-7-16(8-5-15)21(24)26-3/h4-12H,13H2,1-3H3/b11-6+. The summed E-state index contributed by atoms with van der Waals surface area (Å²) in [5, 5.41) is 0. The van der Waals surface area contributed by atoms with Gasteiger partial charge in [0.2, 0.25) is 0 Å². The number of hydrogen-bond donors (Lipinski definition) is 0. The van der Waals surface area contributed by atoms with Crippen molar-refractivity contribution < 1.29 is 28.6 Å². The SMILES string of the molecule is COC(=O)c1ccc(/C=C/C(=O)OCc2cc(C(C)=O)ccc2OC)cc1. The Kier molecular flexibility index (Phi) is 6.88. The van der Waals surface area contributed by atoms with Gasteiger partial charge in [0.15, 0.2) is 5.78 Å².